The van der Waals surface area contributed by atoms with Gasteiger partial charge in [-0.3, -0.25) is 9.51 Å². The molecule has 8 nitrogen and oxygen atoms in total. The van der Waals surface area contributed by atoms with Gasteiger partial charge < -0.3 is 14.5 Å². The Labute approximate surface area is 172 Å². The van der Waals surface area contributed by atoms with Crippen molar-refractivity contribution >= 4 is 0 Å². The first-order valence-electron chi connectivity index (χ1n) is 9.52. The van der Waals surface area contributed by atoms with Crippen LogP contribution in [0, 0.1) is 13.8 Å². The minimum Gasteiger partial charge on any atom is -0.496 e. The number of methoxy groups -OCH3 is 1. The Morgan fingerprint density at radius 2 is 1.77 bits per heavy atom. The van der Waals surface area contributed by atoms with Gasteiger partial charge in [-0.25, -0.2) is 9.78 Å². The van der Waals surface area contributed by atoms with E-state index in [0.29, 0.717) is 30.2 Å². The maximum atomic E-state index is 11.3. The summed E-state index contributed by atoms with van der Waals surface area (Å²) in [4.78, 5) is 21.7. The van der Waals surface area contributed by atoms with E-state index in [4.69, 9.17) is 9.47 Å². The first-order valence-corrected chi connectivity index (χ1v) is 9.52. The highest BCUT2D eigenvalue weighted by atomic mass is 16.5. The second-order valence-corrected chi connectivity index (χ2v) is 6.98. The zero-order valence-electron chi connectivity index (χ0n) is 17.0. The van der Waals surface area contributed by atoms with Crippen molar-refractivity contribution in [3.63, 3.8) is 0 Å². The molecule has 4 aromatic rings. The third kappa shape index (κ3) is 4.12. The van der Waals surface area contributed by atoms with Crippen LogP contribution in [0.2, 0.25) is 0 Å². The van der Waals surface area contributed by atoms with Crippen LogP contribution in [-0.4, -0.2) is 33.8 Å². The monoisotopic (exact) mass is 406 g/mol. The SMILES string of the molecule is COc1cc(C)ccc1-c1c[nH]c(CCOc2cc(C)ccc2-c2noc(=O)[nH]2)n1. The van der Waals surface area contributed by atoms with Gasteiger partial charge in [0, 0.05) is 18.2 Å². The molecule has 2 heterocycles. The number of aromatic nitrogens is 4. The normalized spacial score (nSPS) is 10.9. The second kappa shape index (κ2) is 8.28. The number of nitrogens with one attached hydrogen (secondary N) is 2. The van der Waals surface area contributed by atoms with Crippen LogP contribution in [0.25, 0.3) is 22.6 Å². The molecule has 0 amide bonds. The van der Waals surface area contributed by atoms with E-state index >= 15 is 0 Å². The fraction of sp³-hybridized carbons (Fsp3) is 0.227. The molecule has 4 rings (SSSR count). The lowest BCUT2D eigenvalue weighted by atomic mass is 10.1. The van der Waals surface area contributed by atoms with Crippen LogP contribution in [0.3, 0.4) is 0 Å². The molecule has 2 N–H and O–H groups in total. The molecule has 154 valence electrons. The number of nitrogens with zero attached hydrogens (tertiary/aromatic N) is 2. The van der Waals surface area contributed by atoms with E-state index in [1.807, 2.05) is 56.4 Å². The standard InChI is InChI=1S/C22H22N4O4/c1-13-4-6-15(18(10-13)28-3)17-12-23-20(24-17)8-9-29-19-11-14(2)5-7-16(19)21-25-22(27)30-26-21/h4-7,10-12H,8-9H2,1-3H3,(H,23,24)(H,25,26,27). The lowest BCUT2D eigenvalue weighted by molar-refractivity contribution is 0.320. The highest BCUT2D eigenvalue weighted by molar-refractivity contribution is 5.67. The second-order valence-electron chi connectivity index (χ2n) is 6.98. The van der Waals surface area contributed by atoms with E-state index in [0.717, 1.165) is 34.0 Å². The number of ether oxygens (including phenoxy) is 2. The number of imidazole rings is 1. The van der Waals surface area contributed by atoms with Crippen molar-refractivity contribution in [1.82, 2.24) is 20.1 Å². The number of rotatable bonds is 7. The van der Waals surface area contributed by atoms with Crippen LogP contribution in [0.15, 0.2) is 51.9 Å². The van der Waals surface area contributed by atoms with Gasteiger partial charge in [-0.1, -0.05) is 17.3 Å². The molecular weight excluding hydrogens is 384 g/mol. The molecule has 0 fully saturated rings. The summed E-state index contributed by atoms with van der Waals surface area (Å²) in [6, 6.07) is 11.7. The molecule has 0 aliphatic carbocycles. The number of aromatic amines is 2. The van der Waals surface area contributed by atoms with Crippen molar-refractivity contribution in [3.8, 4) is 34.1 Å². The molecule has 0 unspecified atom stereocenters. The maximum absolute atomic E-state index is 11.3. The highest BCUT2D eigenvalue weighted by Crippen LogP contribution is 2.30. The van der Waals surface area contributed by atoms with Crippen LogP contribution in [0.5, 0.6) is 11.5 Å². The molecule has 0 aliphatic heterocycles. The number of hydrogen-bond acceptors (Lipinski definition) is 6. The highest BCUT2D eigenvalue weighted by Gasteiger charge is 2.13. The van der Waals surface area contributed by atoms with Gasteiger partial charge in [-0.2, -0.15) is 0 Å². The largest absolute Gasteiger partial charge is 0.496 e. The lowest BCUT2D eigenvalue weighted by Crippen LogP contribution is -2.04. The molecule has 0 radical (unpaired) electrons. The first-order chi connectivity index (χ1) is 14.5. The molecule has 2 aromatic heterocycles. The van der Waals surface area contributed by atoms with Crippen LogP contribution < -0.4 is 15.2 Å². The third-order valence-corrected chi connectivity index (χ3v) is 4.69. The zero-order chi connectivity index (χ0) is 21.1. The van der Waals surface area contributed by atoms with Crippen LogP contribution in [0.4, 0.5) is 0 Å². The number of benzene rings is 2. The van der Waals surface area contributed by atoms with Gasteiger partial charge in [-0.15, -0.1) is 0 Å². The number of hydrogen-bond donors (Lipinski definition) is 2. The van der Waals surface area contributed by atoms with Crippen molar-refractivity contribution in [2.45, 2.75) is 20.3 Å². The summed E-state index contributed by atoms with van der Waals surface area (Å²) in [5, 5.41) is 3.75. The minimum atomic E-state index is -0.605. The molecule has 30 heavy (non-hydrogen) atoms. The van der Waals surface area contributed by atoms with E-state index in [1.54, 1.807) is 7.11 Å². The minimum absolute atomic E-state index is 0.335. The summed E-state index contributed by atoms with van der Waals surface area (Å²) >= 11 is 0. The van der Waals surface area contributed by atoms with Crippen molar-refractivity contribution in [2.24, 2.45) is 0 Å². The third-order valence-electron chi connectivity index (χ3n) is 4.69. The number of aryl methyl sites for hydroxylation is 2. The van der Waals surface area contributed by atoms with Gasteiger partial charge in [0.15, 0.2) is 5.82 Å². The summed E-state index contributed by atoms with van der Waals surface area (Å²) in [5.74, 6) is 1.94. The molecule has 2 aromatic carbocycles. The Morgan fingerprint density at radius 1 is 1.03 bits per heavy atom. The van der Waals surface area contributed by atoms with E-state index in [1.165, 1.54) is 0 Å². The summed E-state index contributed by atoms with van der Waals surface area (Å²) in [5.41, 5.74) is 4.57. The smallest absolute Gasteiger partial charge is 0.439 e. The Kier molecular flexibility index (Phi) is 5.38. The Bertz CT molecular complexity index is 1220. The summed E-state index contributed by atoms with van der Waals surface area (Å²) in [7, 11) is 1.65. The number of H-pyrrole nitrogens is 2. The van der Waals surface area contributed by atoms with Crippen molar-refractivity contribution in [3.05, 3.63) is 70.1 Å². The molecule has 0 saturated carbocycles. The van der Waals surface area contributed by atoms with Gasteiger partial charge in [0.2, 0.25) is 0 Å². The van der Waals surface area contributed by atoms with E-state index in [9.17, 15) is 4.79 Å². The Balaban J connectivity index is 1.47. The molecule has 0 spiro atoms. The van der Waals surface area contributed by atoms with Crippen molar-refractivity contribution in [1.29, 1.82) is 0 Å². The predicted molar refractivity (Wildman–Crippen MR) is 112 cm³/mol. The van der Waals surface area contributed by atoms with Crippen molar-refractivity contribution < 1.29 is 14.0 Å². The first kappa shape index (κ1) is 19.5. The van der Waals surface area contributed by atoms with Crippen LogP contribution in [0.1, 0.15) is 17.0 Å². The maximum Gasteiger partial charge on any atom is 0.439 e. The predicted octanol–water partition coefficient (Wildman–Crippen LogP) is 3.67. The van der Waals surface area contributed by atoms with E-state index < -0.39 is 5.76 Å². The van der Waals surface area contributed by atoms with Gasteiger partial charge in [0.05, 0.1) is 25.0 Å². The molecule has 0 atom stereocenters. The topological polar surface area (TPSA) is 106 Å². The molecule has 8 heteroatoms. The summed E-state index contributed by atoms with van der Waals surface area (Å²) in [6.07, 6.45) is 2.44. The summed E-state index contributed by atoms with van der Waals surface area (Å²) < 4.78 is 16.1. The molecule has 0 aliphatic rings. The van der Waals surface area contributed by atoms with E-state index in [2.05, 4.69) is 24.6 Å². The average molecular weight is 406 g/mol. The Hall–Kier alpha value is -3.81. The fourth-order valence-electron chi connectivity index (χ4n) is 3.19. The lowest BCUT2D eigenvalue weighted by Gasteiger charge is -2.10. The quantitative estimate of drug-likeness (QED) is 0.485. The molecule has 0 bridgehead atoms. The molecular formula is C22H22N4O4. The fourth-order valence-corrected chi connectivity index (χ4v) is 3.19. The average Bonchev–Trinajstić information content (AvgIpc) is 3.37. The zero-order valence-corrected chi connectivity index (χ0v) is 17.0. The van der Waals surface area contributed by atoms with Gasteiger partial charge in [-0.05, 0) is 49.2 Å². The van der Waals surface area contributed by atoms with Crippen LogP contribution in [-0.2, 0) is 6.42 Å². The Morgan fingerprint density at radius 3 is 2.47 bits per heavy atom. The van der Waals surface area contributed by atoms with Crippen LogP contribution >= 0.6 is 0 Å². The van der Waals surface area contributed by atoms with E-state index in [-0.39, 0.29) is 0 Å². The summed E-state index contributed by atoms with van der Waals surface area (Å²) in [6.45, 7) is 4.39. The van der Waals surface area contributed by atoms with Gasteiger partial charge in [0.25, 0.3) is 0 Å². The molecule has 0 saturated heterocycles. The van der Waals surface area contributed by atoms with Gasteiger partial charge in [0.1, 0.15) is 17.3 Å². The van der Waals surface area contributed by atoms with Crippen molar-refractivity contribution in [2.75, 3.05) is 13.7 Å². The van der Waals surface area contributed by atoms with Gasteiger partial charge >= 0.3 is 5.76 Å².